The first-order valence-corrected chi connectivity index (χ1v) is 4.99. The SMILES string of the molecule is CCOC(=O)c1cc(C=O)c(Cl)cc1[N+](=O)[O-]. The van der Waals surface area contributed by atoms with Crippen molar-refractivity contribution in [2.75, 3.05) is 6.61 Å². The van der Waals surface area contributed by atoms with E-state index in [2.05, 4.69) is 4.74 Å². The fraction of sp³-hybridized carbons (Fsp3) is 0.200. The maximum absolute atomic E-state index is 11.5. The number of ether oxygens (including phenoxy) is 1. The van der Waals surface area contributed by atoms with E-state index in [1.54, 1.807) is 6.92 Å². The van der Waals surface area contributed by atoms with Crippen LogP contribution in [-0.2, 0) is 4.74 Å². The van der Waals surface area contributed by atoms with Crippen LogP contribution in [0.2, 0.25) is 5.02 Å². The maximum atomic E-state index is 11.5. The number of hydrogen-bond acceptors (Lipinski definition) is 5. The zero-order chi connectivity index (χ0) is 13.0. The van der Waals surface area contributed by atoms with Crippen LogP contribution in [0.1, 0.15) is 27.6 Å². The van der Waals surface area contributed by atoms with E-state index in [1.165, 1.54) is 0 Å². The van der Waals surface area contributed by atoms with Crippen LogP contribution in [0.4, 0.5) is 5.69 Å². The van der Waals surface area contributed by atoms with Gasteiger partial charge in [-0.25, -0.2) is 4.79 Å². The van der Waals surface area contributed by atoms with Crippen molar-refractivity contribution in [3.8, 4) is 0 Å². The molecule has 0 radical (unpaired) electrons. The fourth-order valence-corrected chi connectivity index (χ4v) is 1.40. The Bertz CT molecular complexity index is 486. The van der Waals surface area contributed by atoms with Crippen LogP contribution in [0.5, 0.6) is 0 Å². The standard InChI is InChI=1S/C10H8ClNO5/c1-2-17-10(14)7-3-6(5-13)8(11)4-9(7)12(15)16/h3-5H,2H2,1H3. The molecule has 0 N–H and O–H groups in total. The van der Waals surface area contributed by atoms with Crippen molar-refractivity contribution < 1.29 is 19.2 Å². The van der Waals surface area contributed by atoms with Gasteiger partial charge in [-0.15, -0.1) is 0 Å². The minimum Gasteiger partial charge on any atom is -0.462 e. The number of nitrogens with zero attached hydrogens (tertiary/aromatic N) is 1. The van der Waals surface area contributed by atoms with Gasteiger partial charge in [0.2, 0.25) is 0 Å². The molecule has 0 aliphatic heterocycles. The smallest absolute Gasteiger partial charge is 0.345 e. The first-order chi connectivity index (χ1) is 8.01. The van der Waals surface area contributed by atoms with Crippen molar-refractivity contribution in [1.82, 2.24) is 0 Å². The Hall–Kier alpha value is -1.95. The molecule has 0 aliphatic rings. The van der Waals surface area contributed by atoms with E-state index in [9.17, 15) is 19.7 Å². The van der Waals surface area contributed by atoms with Crippen LogP contribution < -0.4 is 0 Å². The van der Waals surface area contributed by atoms with Gasteiger partial charge >= 0.3 is 5.97 Å². The highest BCUT2D eigenvalue weighted by Crippen LogP contribution is 2.26. The molecule has 0 spiro atoms. The lowest BCUT2D eigenvalue weighted by Crippen LogP contribution is -2.09. The number of rotatable bonds is 4. The third kappa shape index (κ3) is 2.79. The number of carbonyl (C=O) groups is 2. The lowest BCUT2D eigenvalue weighted by Gasteiger charge is -2.04. The summed E-state index contributed by atoms with van der Waals surface area (Å²) in [5.41, 5.74) is -0.775. The zero-order valence-corrected chi connectivity index (χ0v) is 9.56. The second kappa shape index (κ2) is 5.40. The van der Waals surface area contributed by atoms with Gasteiger partial charge in [0.1, 0.15) is 5.56 Å². The number of benzene rings is 1. The summed E-state index contributed by atoms with van der Waals surface area (Å²) in [4.78, 5) is 32.1. The van der Waals surface area contributed by atoms with E-state index < -0.39 is 16.6 Å². The van der Waals surface area contributed by atoms with Crippen molar-refractivity contribution in [3.05, 3.63) is 38.4 Å². The Morgan fingerprint density at radius 1 is 1.59 bits per heavy atom. The number of halogens is 1. The van der Waals surface area contributed by atoms with Crippen LogP contribution in [0.25, 0.3) is 0 Å². The monoisotopic (exact) mass is 257 g/mol. The molecule has 0 amide bonds. The van der Waals surface area contributed by atoms with Gasteiger partial charge < -0.3 is 4.74 Å². The van der Waals surface area contributed by atoms with Gasteiger partial charge in [-0.2, -0.15) is 0 Å². The topological polar surface area (TPSA) is 86.5 Å². The number of carbonyl (C=O) groups excluding carboxylic acids is 2. The van der Waals surface area contributed by atoms with Crippen molar-refractivity contribution in [1.29, 1.82) is 0 Å². The Morgan fingerprint density at radius 3 is 2.71 bits per heavy atom. The molecule has 0 heterocycles. The molecule has 90 valence electrons. The minimum atomic E-state index is -0.862. The first kappa shape index (κ1) is 13.1. The molecule has 1 aromatic carbocycles. The van der Waals surface area contributed by atoms with E-state index in [4.69, 9.17) is 11.6 Å². The normalized spacial score (nSPS) is 9.76. The fourth-order valence-electron chi connectivity index (χ4n) is 1.19. The van der Waals surface area contributed by atoms with Crippen molar-refractivity contribution in [2.24, 2.45) is 0 Å². The molecule has 1 aromatic rings. The molecule has 1 rings (SSSR count). The van der Waals surface area contributed by atoms with E-state index >= 15 is 0 Å². The summed E-state index contributed by atoms with van der Waals surface area (Å²) in [7, 11) is 0. The zero-order valence-electron chi connectivity index (χ0n) is 8.81. The number of nitro benzene ring substituents is 1. The van der Waals surface area contributed by atoms with Crippen LogP contribution >= 0.6 is 11.6 Å². The third-order valence-electron chi connectivity index (χ3n) is 1.93. The predicted molar refractivity (Wildman–Crippen MR) is 59.5 cm³/mol. The summed E-state index contributed by atoms with van der Waals surface area (Å²) in [6, 6.07) is 2.00. The lowest BCUT2D eigenvalue weighted by molar-refractivity contribution is -0.385. The summed E-state index contributed by atoms with van der Waals surface area (Å²) < 4.78 is 4.66. The molecular formula is C10H8ClNO5. The summed E-state index contributed by atoms with van der Waals surface area (Å²) >= 11 is 5.64. The Balaban J connectivity index is 3.38. The van der Waals surface area contributed by atoms with Gasteiger partial charge in [-0.05, 0) is 13.0 Å². The van der Waals surface area contributed by atoms with Gasteiger partial charge in [0.25, 0.3) is 5.69 Å². The van der Waals surface area contributed by atoms with E-state index in [0.29, 0.717) is 6.29 Å². The molecule has 6 nitrogen and oxygen atoms in total. The van der Waals surface area contributed by atoms with Crippen molar-refractivity contribution >= 4 is 29.5 Å². The largest absolute Gasteiger partial charge is 0.462 e. The molecule has 7 heteroatoms. The average molecular weight is 258 g/mol. The van der Waals surface area contributed by atoms with E-state index in [-0.39, 0.29) is 22.8 Å². The third-order valence-corrected chi connectivity index (χ3v) is 2.26. The highest BCUT2D eigenvalue weighted by atomic mass is 35.5. The molecule has 0 saturated heterocycles. The molecule has 0 unspecified atom stereocenters. The summed E-state index contributed by atoms with van der Waals surface area (Å²) in [5.74, 6) is -0.862. The number of aldehydes is 1. The highest BCUT2D eigenvalue weighted by molar-refractivity contribution is 6.33. The maximum Gasteiger partial charge on any atom is 0.345 e. The van der Waals surface area contributed by atoms with Gasteiger partial charge in [-0.1, -0.05) is 11.6 Å². The first-order valence-electron chi connectivity index (χ1n) is 4.61. The van der Waals surface area contributed by atoms with Crippen LogP contribution in [0.3, 0.4) is 0 Å². The second-order valence-electron chi connectivity index (χ2n) is 2.99. The Morgan fingerprint density at radius 2 is 2.24 bits per heavy atom. The number of esters is 1. The van der Waals surface area contributed by atoms with Gasteiger partial charge in [0.15, 0.2) is 6.29 Å². The van der Waals surface area contributed by atoms with Gasteiger partial charge in [-0.3, -0.25) is 14.9 Å². The van der Waals surface area contributed by atoms with Crippen LogP contribution in [0.15, 0.2) is 12.1 Å². The Labute approximate surface area is 101 Å². The van der Waals surface area contributed by atoms with Crippen LogP contribution in [0, 0.1) is 10.1 Å². The molecule has 0 atom stereocenters. The highest BCUT2D eigenvalue weighted by Gasteiger charge is 2.23. The van der Waals surface area contributed by atoms with Gasteiger partial charge in [0.05, 0.1) is 16.6 Å². The van der Waals surface area contributed by atoms with E-state index in [1.807, 2.05) is 0 Å². The molecular weight excluding hydrogens is 250 g/mol. The van der Waals surface area contributed by atoms with Crippen molar-refractivity contribution in [2.45, 2.75) is 6.92 Å². The van der Waals surface area contributed by atoms with Crippen LogP contribution in [-0.4, -0.2) is 23.8 Å². The molecule has 0 saturated carbocycles. The number of hydrogen-bond donors (Lipinski definition) is 0. The van der Waals surface area contributed by atoms with Gasteiger partial charge in [0, 0.05) is 11.6 Å². The molecule has 0 fully saturated rings. The average Bonchev–Trinajstić information content (AvgIpc) is 2.28. The quantitative estimate of drug-likeness (QED) is 0.357. The summed E-state index contributed by atoms with van der Waals surface area (Å²) in [6.45, 7) is 1.65. The van der Waals surface area contributed by atoms with Crippen molar-refractivity contribution in [3.63, 3.8) is 0 Å². The molecule has 0 aliphatic carbocycles. The second-order valence-corrected chi connectivity index (χ2v) is 3.39. The van der Waals surface area contributed by atoms with E-state index in [0.717, 1.165) is 12.1 Å². The lowest BCUT2D eigenvalue weighted by atomic mass is 10.1. The number of nitro groups is 1. The molecule has 0 aromatic heterocycles. The summed E-state index contributed by atoms with van der Waals surface area (Å²) in [5, 5.41) is 10.6. The summed E-state index contributed by atoms with van der Waals surface area (Å²) in [6.07, 6.45) is 0.411. The predicted octanol–water partition coefficient (Wildman–Crippen LogP) is 2.24. The minimum absolute atomic E-state index is 0.000296. The molecule has 17 heavy (non-hydrogen) atoms. The molecule has 0 bridgehead atoms. The Kier molecular flexibility index (Phi) is 4.17.